The van der Waals surface area contributed by atoms with Crippen LogP contribution in [0, 0.1) is 5.92 Å². The minimum Gasteiger partial charge on any atom is -0.325 e. The maximum atomic E-state index is 7.27. The topological polar surface area (TPSA) is 26.0 Å². The zero-order chi connectivity index (χ0) is 22.3. The van der Waals surface area contributed by atoms with Gasteiger partial charge >= 0.3 is 0 Å². The van der Waals surface area contributed by atoms with Crippen LogP contribution in [0.15, 0.2) is 0 Å². The third-order valence-corrected chi connectivity index (χ3v) is 7.35. The lowest BCUT2D eigenvalue weighted by Crippen LogP contribution is -2.47. The second-order valence-corrected chi connectivity index (χ2v) is 10.3. The highest BCUT2D eigenvalue weighted by atomic mass is 14.8. The Balaban J connectivity index is 4.60. The van der Waals surface area contributed by atoms with Crippen LogP contribution in [0.25, 0.3) is 0 Å². The van der Waals surface area contributed by atoms with Gasteiger partial charge in [-0.2, -0.15) is 0 Å². The largest absolute Gasteiger partial charge is 0.325 e. The highest BCUT2D eigenvalue weighted by molar-refractivity contribution is 4.91. The summed E-state index contributed by atoms with van der Waals surface area (Å²) in [6, 6.07) is 0. The summed E-state index contributed by atoms with van der Waals surface area (Å²) >= 11 is 0. The van der Waals surface area contributed by atoms with E-state index in [0.29, 0.717) is 0 Å². The zero-order valence-corrected chi connectivity index (χ0v) is 21.9. The first-order valence-corrected chi connectivity index (χ1v) is 14.4. The molecule has 0 aromatic rings. The Morgan fingerprint density at radius 2 is 0.800 bits per heavy atom. The summed E-state index contributed by atoms with van der Waals surface area (Å²) in [7, 11) is 0. The van der Waals surface area contributed by atoms with Gasteiger partial charge in [0.1, 0.15) is 0 Å². The lowest BCUT2D eigenvalue weighted by atomic mass is 9.72. The van der Waals surface area contributed by atoms with E-state index in [1.807, 2.05) is 0 Å². The first kappa shape index (κ1) is 30.0. The van der Waals surface area contributed by atoms with E-state index in [2.05, 4.69) is 27.7 Å². The molecular weight excluding hydrogens is 362 g/mol. The molecule has 1 unspecified atom stereocenters. The van der Waals surface area contributed by atoms with Gasteiger partial charge in [-0.25, -0.2) is 0 Å². The van der Waals surface area contributed by atoms with Crippen molar-refractivity contribution >= 4 is 0 Å². The van der Waals surface area contributed by atoms with Crippen molar-refractivity contribution in [1.82, 2.24) is 0 Å². The quantitative estimate of drug-likeness (QED) is 0.153. The molecule has 0 aromatic carbocycles. The first-order chi connectivity index (χ1) is 14.6. The third-order valence-electron chi connectivity index (χ3n) is 7.35. The van der Waals surface area contributed by atoms with Crippen LogP contribution in [0.3, 0.4) is 0 Å². The van der Waals surface area contributed by atoms with Crippen LogP contribution in [-0.4, -0.2) is 5.54 Å². The molecule has 2 N–H and O–H groups in total. The van der Waals surface area contributed by atoms with Crippen molar-refractivity contribution in [2.75, 3.05) is 0 Å². The number of unbranched alkanes of at least 4 members (excludes halogenated alkanes) is 15. The number of nitrogens with two attached hydrogens (primary N) is 1. The first-order valence-electron chi connectivity index (χ1n) is 14.4. The molecule has 0 fully saturated rings. The van der Waals surface area contributed by atoms with Crippen molar-refractivity contribution in [3.05, 3.63) is 0 Å². The molecule has 0 saturated carbocycles. The van der Waals surface area contributed by atoms with Gasteiger partial charge in [0.25, 0.3) is 0 Å². The van der Waals surface area contributed by atoms with E-state index in [1.165, 1.54) is 148 Å². The lowest BCUT2D eigenvalue weighted by Gasteiger charge is -2.39. The van der Waals surface area contributed by atoms with Gasteiger partial charge in [-0.05, 0) is 31.6 Å². The molecule has 0 saturated heterocycles. The minimum absolute atomic E-state index is 0.106. The van der Waals surface area contributed by atoms with Crippen molar-refractivity contribution in [2.45, 2.75) is 181 Å². The molecular formula is C29H61N. The Hall–Kier alpha value is -0.0400. The van der Waals surface area contributed by atoms with E-state index in [-0.39, 0.29) is 5.54 Å². The molecule has 0 aromatic heterocycles. The summed E-state index contributed by atoms with van der Waals surface area (Å²) in [5.74, 6) is 0.750. The molecule has 0 spiro atoms. The van der Waals surface area contributed by atoms with E-state index in [1.54, 1.807) is 0 Å². The molecule has 0 aliphatic rings. The molecule has 0 amide bonds. The van der Waals surface area contributed by atoms with Crippen molar-refractivity contribution in [1.29, 1.82) is 0 Å². The molecule has 0 bridgehead atoms. The lowest BCUT2D eigenvalue weighted by molar-refractivity contribution is 0.192. The fourth-order valence-electron chi connectivity index (χ4n) is 5.24. The van der Waals surface area contributed by atoms with Crippen molar-refractivity contribution in [2.24, 2.45) is 11.7 Å². The Bertz CT molecular complexity index is 308. The van der Waals surface area contributed by atoms with Crippen LogP contribution in [0.2, 0.25) is 0 Å². The smallest absolute Gasteiger partial charge is 0.0182 e. The molecule has 0 aliphatic carbocycles. The molecule has 1 nitrogen and oxygen atoms in total. The Labute approximate surface area is 192 Å². The summed E-state index contributed by atoms with van der Waals surface area (Å²) in [6.45, 7) is 9.29. The third kappa shape index (κ3) is 16.6. The van der Waals surface area contributed by atoms with Crippen molar-refractivity contribution in [3.8, 4) is 0 Å². The predicted octanol–water partition coefficient (Wildman–Crippen LogP) is 10.4. The summed E-state index contributed by atoms with van der Waals surface area (Å²) in [6.07, 6.45) is 31.7. The van der Waals surface area contributed by atoms with Crippen molar-refractivity contribution in [3.63, 3.8) is 0 Å². The van der Waals surface area contributed by atoms with E-state index < -0.39 is 0 Å². The molecule has 182 valence electrons. The van der Waals surface area contributed by atoms with Gasteiger partial charge < -0.3 is 5.73 Å². The van der Waals surface area contributed by atoms with E-state index >= 15 is 0 Å². The van der Waals surface area contributed by atoms with Gasteiger partial charge in [-0.3, -0.25) is 0 Å². The normalized spacial score (nSPS) is 13.1. The molecule has 1 heteroatoms. The van der Waals surface area contributed by atoms with Gasteiger partial charge in [-0.1, -0.05) is 150 Å². The number of hydrogen-bond donors (Lipinski definition) is 1. The zero-order valence-electron chi connectivity index (χ0n) is 21.9. The maximum absolute atomic E-state index is 7.27. The summed E-state index contributed by atoms with van der Waals surface area (Å²) < 4.78 is 0. The van der Waals surface area contributed by atoms with Crippen LogP contribution in [0.5, 0.6) is 0 Å². The van der Waals surface area contributed by atoms with Crippen molar-refractivity contribution < 1.29 is 0 Å². The fourth-order valence-corrected chi connectivity index (χ4v) is 5.24. The molecule has 30 heavy (non-hydrogen) atoms. The fraction of sp³-hybridized carbons (Fsp3) is 1.00. The average molecular weight is 424 g/mol. The van der Waals surface area contributed by atoms with Crippen LogP contribution in [-0.2, 0) is 0 Å². The standard InChI is InChI=1S/C29H61N/c1-5-9-12-15-18-21-25-28(24-8-4)29(30,26-22-19-16-13-10-6-2)27-23-20-17-14-11-7-3/h28H,5-27,30H2,1-4H3. The van der Waals surface area contributed by atoms with E-state index in [9.17, 15) is 0 Å². The summed E-state index contributed by atoms with van der Waals surface area (Å²) in [5.41, 5.74) is 7.38. The van der Waals surface area contributed by atoms with Gasteiger partial charge in [0.2, 0.25) is 0 Å². The molecule has 0 rings (SSSR count). The van der Waals surface area contributed by atoms with Crippen LogP contribution in [0.4, 0.5) is 0 Å². The average Bonchev–Trinajstić information content (AvgIpc) is 2.74. The minimum atomic E-state index is 0.106. The number of hydrogen-bond acceptors (Lipinski definition) is 1. The van der Waals surface area contributed by atoms with Crippen LogP contribution < -0.4 is 5.73 Å². The van der Waals surface area contributed by atoms with Gasteiger partial charge in [0, 0.05) is 5.54 Å². The second-order valence-electron chi connectivity index (χ2n) is 10.3. The molecule has 0 aliphatic heterocycles. The Kier molecular flexibility index (Phi) is 22.1. The second kappa shape index (κ2) is 22.2. The predicted molar refractivity (Wildman–Crippen MR) is 139 cm³/mol. The summed E-state index contributed by atoms with van der Waals surface area (Å²) in [4.78, 5) is 0. The molecule has 0 heterocycles. The number of rotatable bonds is 24. The van der Waals surface area contributed by atoms with Gasteiger partial charge in [0.05, 0.1) is 0 Å². The van der Waals surface area contributed by atoms with E-state index in [0.717, 1.165) is 5.92 Å². The van der Waals surface area contributed by atoms with Gasteiger partial charge in [-0.15, -0.1) is 0 Å². The monoisotopic (exact) mass is 423 g/mol. The van der Waals surface area contributed by atoms with Crippen LogP contribution in [0.1, 0.15) is 175 Å². The Morgan fingerprint density at radius 1 is 0.433 bits per heavy atom. The summed E-state index contributed by atoms with van der Waals surface area (Å²) in [5, 5.41) is 0. The SMILES string of the molecule is CCCCCCCCC(CCC)C(N)(CCCCCCCC)CCCCCCCC. The molecule has 1 atom stereocenters. The Morgan fingerprint density at radius 3 is 1.20 bits per heavy atom. The van der Waals surface area contributed by atoms with Gasteiger partial charge in [0.15, 0.2) is 0 Å². The maximum Gasteiger partial charge on any atom is 0.0182 e. The van der Waals surface area contributed by atoms with E-state index in [4.69, 9.17) is 5.73 Å². The van der Waals surface area contributed by atoms with Crippen LogP contribution >= 0.6 is 0 Å². The molecule has 0 radical (unpaired) electrons. The highest BCUT2D eigenvalue weighted by Crippen LogP contribution is 2.35. The highest BCUT2D eigenvalue weighted by Gasteiger charge is 2.32.